The van der Waals surface area contributed by atoms with Crippen molar-refractivity contribution in [3.63, 3.8) is 0 Å². The van der Waals surface area contributed by atoms with Crippen molar-refractivity contribution < 1.29 is 18.0 Å². The highest BCUT2D eigenvalue weighted by Crippen LogP contribution is 2.35. The van der Waals surface area contributed by atoms with Gasteiger partial charge in [-0.3, -0.25) is 14.8 Å². The molecule has 0 saturated carbocycles. The van der Waals surface area contributed by atoms with Crippen molar-refractivity contribution in [2.75, 3.05) is 31.1 Å². The third-order valence-corrected chi connectivity index (χ3v) is 5.71. The van der Waals surface area contributed by atoms with Crippen molar-refractivity contribution in [1.82, 2.24) is 24.8 Å². The second-order valence-electron chi connectivity index (χ2n) is 7.63. The number of likely N-dealkylation sites (tertiary alicyclic amines) is 1. The average Bonchev–Trinajstić information content (AvgIpc) is 3.32. The lowest BCUT2D eigenvalue weighted by molar-refractivity contribution is -0.141. The zero-order chi connectivity index (χ0) is 20.9. The number of alkyl halides is 3. The molecule has 5 rings (SSSR count). The van der Waals surface area contributed by atoms with Gasteiger partial charge in [-0.1, -0.05) is 0 Å². The van der Waals surface area contributed by atoms with Gasteiger partial charge >= 0.3 is 6.18 Å². The molecule has 0 radical (unpaired) electrons. The number of anilines is 1. The molecular formula is C20H17F3N6O. The Bertz CT molecular complexity index is 1110. The topological polar surface area (TPSA) is 75.1 Å². The summed E-state index contributed by atoms with van der Waals surface area (Å²) in [4.78, 5) is 32.7. The van der Waals surface area contributed by atoms with Crippen molar-refractivity contribution in [2.45, 2.75) is 6.18 Å². The first kappa shape index (κ1) is 18.7. The fraction of sp³-hybridized carbons (Fsp3) is 0.350. The van der Waals surface area contributed by atoms with E-state index in [-0.39, 0.29) is 23.7 Å². The fourth-order valence-corrected chi connectivity index (χ4v) is 4.26. The SMILES string of the molecule is O=C(c1ccc2nccnc2c1)N1CC2CN(c3nccc(C(F)(F)F)n3)CC2C1. The van der Waals surface area contributed by atoms with Gasteiger partial charge in [-0.2, -0.15) is 13.2 Å². The van der Waals surface area contributed by atoms with Crippen LogP contribution in [0.15, 0.2) is 42.9 Å². The zero-order valence-electron chi connectivity index (χ0n) is 15.8. The standard InChI is InChI=1S/C20H17F3N6O/c21-20(22,23)17-3-4-26-19(27-17)29-10-13-8-28(9-14(13)11-29)18(30)12-1-2-15-16(7-12)25-6-5-24-15/h1-7,13-14H,8-11H2. The Balaban J connectivity index is 1.28. The van der Waals surface area contributed by atoms with Gasteiger partial charge in [0, 0.05) is 62.2 Å². The molecule has 0 N–H and O–H groups in total. The third kappa shape index (κ3) is 3.31. The second kappa shape index (κ2) is 6.89. The highest BCUT2D eigenvalue weighted by molar-refractivity contribution is 5.97. The molecule has 2 aliphatic heterocycles. The lowest BCUT2D eigenvalue weighted by Crippen LogP contribution is -2.34. The van der Waals surface area contributed by atoms with E-state index in [0.717, 1.165) is 17.8 Å². The van der Waals surface area contributed by atoms with Crippen molar-refractivity contribution in [2.24, 2.45) is 11.8 Å². The molecule has 2 saturated heterocycles. The molecule has 0 aliphatic carbocycles. The van der Waals surface area contributed by atoms with Crippen LogP contribution >= 0.6 is 0 Å². The second-order valence-corrected chi connectivity index (χ2v) is 7.63. The van der Waals surface area contributed by atoms with Crippen LogP contribution in [-0.4, -0.2) is 56.9 Å². The van der Waals surface area contributed by atoms with Gasteiger partial charge in [0.15, 0.2) is 0 Å². The zero-order valence-corrected chi connectivity index (χ0v) is 15.8. The Hall–Kier alpha value is -3.30. The van der Waals surface area contributed by atoms with Crippen molar-refractivity contribution in [1.29, 1.82) is 0 Å². The Morgan fingerprint density at radius 1 is 0.900 bits per heavy atom. The number of carbonyl (C=O) groups excluding carboxylic acids is 1. The molecule has 2 unspecified atom stereocenters. The molecule has 1 aromatic carbocycles. The van der Waals surface area contributed by atoms with E-state index in [1.807, 2.05) is 0 Å². The number of carbonyl (C=O) groups is 1. The Morgan fingerprint density at radius 2 is 1.60 bits per heavy atom. The van der Waals surface area contributed by atoms with Gasteiger partial charge < -0.3 is 9.80 Å². The van der Waals surface area contributed by atoms with Crippen LogP contribution in [0, 0.1) is 11.8 Å². The summed E-state index contributed by atoms with van der Waals surface area (Å²) in [5.41, 5.74) is 1.00. The van der Waals surface area contributed by atoms with Crippen LogP contribution in [0.3, 0.4) is 0 Å². The van der Waals surface area contributed by atoms with E-state index in [1.165, 1.54) is 0 Å². The molecule has 2 fully saturated rings. The number of rotatable bonds is 2. The van der Waals surface area contributed by atoms with Gasteiger partial charge in [0.25, 0.3) is 5.91 Å². The molecule has 2 aromatic heterocycles. The van der Waals surface area contributed by atoms with Crippen LogP contribution in [0.1, 0.15) is 16.1 Å². The molecule has 1 amide bonds. The number of nitrogens with zero attached hydrogens (tertiary/aromatic N) is 6. The molecule has 0 spiro atoms. The molecule has 30 heavy (non-hydrogen) atoms. The quantitative estimate of drug-likeness (QED) is 0.642. The Morgan fingerprint density at radius 3 is 2.30 bits per heavy atom. The van der Waals surface area contributed by atoms with E-state index in [2.05, 4.69) is 19.9 Å². The molecule has 2 aliphatic rings. The Labute approximate surface area is 169 Å². The summed E-state index contributed by atoms with van der Waals surface area (Å²) in [5.74, 6) is 0.365. The number of benzene rings is 1. The third-order valence-electron chi connectivity index (χ3n) is 5.71. The largest absolute Gasteiger partial charge is 0.433 e. The van der Waals surface area contributed by atoms with E-state index in [9.17, 15) is 18.0 Å². The summed E-state index contributed by atoms with van der Waals surface area (Å²) in [6.45, 7) is 2.16. The molecule has 4 heterocycles. The first-order valence-corrected chi connectivity index (χ1v) is 9.54. The fourth-order valence-electron chi connectivity index (χ4n) is 4.26. The number of aromatic nitrogens is 4. The lowest BCUT2D eigenvalue weighted by atomic mass is 10.0. The van der Waals surface area contributed by atoms with Crippen LogP contribution in [0.5, 0.6) is 0 Å². The van der Waals surface area contributed by atoms with Gasteiger partial charge in [-0.05, 0) is 24.3 Å². The minimum absolute atomic E-state index is 0.0705. The predicted molar refractivity (Wildman–Crippen MR) is 102 cm³/mol. The summed E-state index contributed by atoms with van der Waals surface area (Å²) >= 11 is 0. The maximum Gasteiger partial charge on any atom is 0.433 e. The van der Waals surface area contributed by atoms with Gasteiger partial charge in [0.2, 0.25) is 5.95 Å². The van der Waals surface area contributed by atoms with Crippen LogP contribution in [-0.2, 0) is 6.18 Å². The van der Waals surface area contributed by atoms with E-state index in [1.54, 1.807) is 40.4 Å². The average molecular weight is 414 g/mol. The normalized spacial score (nSPS) is 21.3. The van der Waals surface area contributed by atoms with E-state index in [4.69, 9.17) is 0 Å². The van der Waals surface area contributed by atoms with Crippen LogP contribution in [0.2, 0.25) is 0 Å². The van der Waals surface area contributed by atoms with Gasteiger partial charge in [-0.25, -0.2) is 9.97 Å². The van der Waals surface area contributed by atoms with Crippen molar-refractivity contribution >= 4 is 22.9 Å². The molecule has 10 heteroatoms. The monoisotopic (exact) mass is 414 g/mol. The van der Waals surface area contributed by atoms with Gasteiger partial charge in [0.1, 0.15) is 5.69 Å². The number of halogens is 3. The maximum absolute atomic E-state index is 12.9. The summed E-state index contributed by atoms with van der Waals surface area (Å²) in [7, 11) is 0. The first-order valence-electron chi connectivity index (χ1n) is 9.54. The maximum atomic E-state index is 12.9. The molecule has 2 atom stereocenters. The minimum atomic E-state index is -4.50. The first-order chi connectivity index (χ1) is 14.4. The summed E-state index contributed by atoms with van der Waals surface area (Å²) in [5, 5.41) is 0. The smallest absolute Gasteiger partial charge is 0.340 e. The Kier molecular flexibility index (Phi) is 4.30. The predicted octanol–water partition coefficient (Wildman–Crippen LogP) is 2.65. The highest BCUT2D eigenvalue weighted by Gasteiger charge is 2.43. The number of hydrogen-bond donors (Lipinski definition) is 0. The minimum Gasteiger partial charge on any atom is -0.340 e. The molecule has 7 nitrogen and oxygen atoms in total. The number of fused-ring (bicyclic) bond motifs is 2. The van der Waals surface area contributed by atoms with Gasteiger partial charge in [0.05, 0.1) is 11.0 Å². The molecular weight excluding hydrogens is 397 g/mol. The van der Waals surface area contributed by atoms with Crippen molar-refractivity contribution in [3.05, 3.63) is 54.1 Å². The summed E-state index contributed by atoms with van der Waals surface area (Å²) in [6, 6.07) is 6.13. The van der Waals surface area contributed by atoms with Crippen LogP contribution < -0.4 is 4.90 Å². The van der Waals surface area contributed by atoms with E-state index in [0.29, 0.717) is 37.3 Å². The number of amides is 1. The van der Waals surface area contributed by atoms with E-state index < -0.39 is 11.9 Å². The molecule has 154 valence electrons. The molecule has 0 bridgehead atoms. The van der Waals surface area contributed by atoms with Crippen molar-refractivity contribution in [3.8, 4) is 0 Å². The lowest BCUT2D eigenvalue weighted by Gasteiger charge is -2.22. The molecule has 3 aromatic rings. The van der Waals surface area contributed by atoms with Crippen LogP contribution in [0.25, 0.3) is 11.0 Å². The van der Waals surface area contributed by atoms with E-state index >= 15 is 0 Å². The van der Waals surface area contributed by atoms with Gasteiger partial charge in [-0.15, -0.1) is 0 Å². The summed E-state index contributed by atoms with van der Waals surface area (Å²) < 4.78 is 38.8. The highest BCUT2D eigenvalue weighted by atomic mass is 19.4. The number of hydrogen-bond acceptors (Lipinski definition) is 6. The summed E-state index contributed by atoms with van der Waals surface area (Å²) in [6.07, 6.45) is -0.176. The van der Waals surface area contributed by atoms with Crippen LogP contribution in [0.4, 0.5) is 19.1 Å².